The van der Waals surface area contributed by atoms with Crippen molar-refractivity contribution in [2.45, 2.75) is 19.4 Å². The molecule has 0 saturated heterocycles. The number of anilines is 1. The second-order valence-electron chi connectivity index (χ2n) is 6.69. The number of rotatable bonds is 5. The Hall–Kier alpha value is -3.21. The minimum absolute atomic E-state index is 0.160. The molecular formula is C22H22N4O. The zero-order chi connectivity index (χ0) is 18.5. The number of hydrogen-bond donors (Lipinski definition) is 1. The maximum atomic E-state index is 12.4. The van der Waals surface area contributed by atoms with Gasteiger partial charge in [0, 0.05) is 25.7 Å². The first-order valence-electron chi connectivity index (χ1n) is 9.25. The van der Waals surface area contributed by atoms with Crippen LogP contribution in [0.3, 0.4) is 0 Å². The van der Waals surface area contributed by atoms with E-state index in [-0.39, 0.29) is 5.91 Å². The lowest BCUT2D eigenvalue weighted by atomic mass is 10.00. The summed E-state index contributed by atoms with van der Waals surface area (Å²) in [4.78, 5) is 23.2. The number of benzene rings is 2. The van der Waals surface area contributed by atoms with Crippen LogP contribution in [0.15, 0.2) is 67.0 Å². The van der Waals surface area contributed by atoms with Crippen LogP contribution < -0.4 is 10.2 Å². The molecule has 27 heavy (non-hydrogen) atoms. The Balaban J connectivity index is 1.39. The molecule has 0 unspecified atom stereocenters. The highest BCUT2D eigenvalue weighted by Crippen LogP contribution is 2.22. The van der Waals surface area contributed by atoms with Crippen molar-refractivity contribution >= 4 is 11.7 Å². The molecule has 0 aliphatic carbocycles. The van der Waals surface area contributed by atoms with Crippen molar-refractivity contribution < 1.29 is 4.79 Å². The zero-order valence-electron chi connectivity index (χ0n) is 15.1. The monoisotopic (exact) mass is 358 g/mol. The van der Waals surface area contributed by atoms with Crippen LogP contribution in [0.1, 0.15) is 27.2 Å². The molecule has 136 valence electrons. The van der Waals surface area contributed by atoms with Crippen LogP contribution in [-0.2, 0) is 19.4 Å². The van der Waals surface area contributed by atoms with Crippen molar-refractivity contribution in [1.29, 1.82) is 0 Å². The summed E-state index contributed by atoms with van der Waals surface area (Å²) in [5.41, 5.74) is 4.32. The quantitative estimate of drug-likeness (QED) is 0.762. The fraction of sp³-hybridized carbons (Fsp3) is 0.227. The van der Waals surface area contributed by atoms with E-state index >= 15 is 0 Å². The predicted octanol–water partition coefficient (Wildman–Crippen LogP) is 3.01. The highest BCUT2D eigenvalue weighted by molar-refractivity contribution is 5.92. The Morgan fingerprint density at radius 3 is 2.63 bits per heavy atom. The Labute approximate surface area is 159 Å². The topological polar surface area (TPSA) is 58.1 Å². The zero-order valence-corrected chi connectivity index (χ0v) is 15.1. The van der Waals surface area contributed by atoms with Crippen molar-refractivity contribution in [2.24, 2.45) is 0 Å². The van der Waals surface area contributed by atoms with Gasteiger partial charge >= 0.3 is 0 Å². The maximum absolute atomic E-state index is 12.4. The minimum atomic E-state index is -0.160. The van der Waals surface area contributed by atoms with E-state index in [1.54, 1.807) is 6.07 Å². The summed E-state index contributed by atoms with van der Waals surface area (Å²) in [6.07, 6.45) is 3.26. The lowest BCUT2D eigenvalue weighted by Crippen LogP contribution is -2.32. The Kier molecular flexibility index (Phi) is 5.10. The highest BCUT2D eigenvalue weighted by atomic mass is 16.1. The van der Waals surface area contributed by atoms with E-state index in [0.717, 1.165) is 31.7 Å². The number of amides is 1. The van der Waals surface area contributed by atoms with Crippen LogP contribution in [0.5, 0.6) is 0 Å². The molecule has 5 heteroatoms. The van der Waals surface area contributed by atoms with Gasteiger partial charge in [-0.2, -0.15) is 0 Å². The largest absolute Gasteiger partial charge is 0.352 e. The van der Waals surface area contributed by atoms with Gasteiger partial charge in [0.1, 0.15) is 17.8 Å². The molecule has 4 rings (SSSR count). The molecule has 1 N–H and O–H groups in total. The van der Waals surface area contributed by atoms with E-state index in [9.17, 15) is 4.79 Å². The third-order valence-corrected chi connectivity index (χ3v) is 4.88. The first-order valence-corrected chi connectivity index (χ1v) is 9.25. The molecule has 1 aliphatic heterocycles. The second kappa shape index (κ2) is 7.99. The van der Waals surface area contributed by atoms with Gasteiger partial charge in [-0.25, -0.2) is 9.97 Å². The average molecular weight is 358 g/mol. The summed E-state index contributed by atoms with van der Waals surface area (Å²) < 4.78 is 0. The Morgan fingerprint density at radius 2 is 1.78 bits per heavy atom. The summed E-state index contributed by atoms with van der Waals surface area (Å²) in [7, 11) is 0. The average Bonchev–Trinajstić information content (AvgIpc) is 2.74. The van der Waals surface area contributed by atoms with E-state index in [0.29, 0.717) is 12.2 Å². The molecule has 5 nitrogen and oxygen atoms in total. The van der Waals surface area contributed by atoms with Crippen molar-refractivity contribution in [3.05, 3.63) is 89.4 Å². The van der Waals surface area contributed by atoms with Gasteiger partial charge in [-0.1, -0.05) is 54.6 Å². The van der Waals surface area contributed by atoms with Crippen molar-refractivity contribution in [3.8, 4) is 0 Å². The van der Waals surface area contributed by atoms with Crippen LogP contribution in [-0.4, -0.2) is 29.0 Å². The van der Waals surface area contributed by atoms with Gasteiger partial charge in [-0.3, -0.25) is 4.79 Å². The minimum Gasteiger partial charge on any atom is -0.352 e. The molecule has 0 atom stereocenters. The Morgan fingerprint density at radius 1 is 1.00 bits per heavy atom. The van der Waals surface area contributed by atoms with Gasteiger partial charge in [0.15, 0.2) is 0 Å². The molecule has 1 amide bonds. The fourth-order valence-electron chi connectivity index (χ4n) is 3.39. The standard InChI is InChI=1S/C22H22N4O/c27-22(23-12-10-17-6-2-1-3-7-17)20-14-21(25-16-24-20)26-13-11-18-8-4-5-9-19(18)15-26/h1-9,14,16H,10-13,15H2,(H,23,27). The summed E-state index contributed by atoms with van der Waals surface area (Å²) in [6.45, 7) is 2.28. The smallest absolute Gasteiger partial charge is 0.270 e. The fourth-order valence-corrected chi connectivity index (χ4v) is 3.39. The van der Waals surface area contributed by atoms with Gasteiger partial charge in [0.25, 0.3) is 5.91 Å². The number of fused-ring (bicyclic) bond motifs is 1. The van der Waals surface area contributed by atoms with Gasteiger partial charge in [-0.15, -0.1) is 0 Å². The van der Waals surface area contributed by atoms with E-state index < -0.39 is 0 Å². The summed E-state index contributed by atoms with van der Waals surface area (Å²) in [5, 5.41) is 2.95. The molecule has 1 aliphatic rings. The van der Waals surface area contributed by atoms with Gasteiger partial charge in [0.05, 0.1) is 0 Å². The number of aromatic nitrogens is 2. The highest BCUT2D eigenvalue weighted by Gasteiger charge is 2.18. The SMILES string of the molecule is O=C(NCCc1ccccc1)c1cc(N2CCc3ccccc3C2)ncn1. The molecule has 0 fully saturated rings. The number of carbonyl (C=O) groups excluding carboxylic acids is 1. The summed E-state index contributed by atoms with van der Waals surface area (Å²) in [5.74, 6) is 0.639. The van der Waals surface area contributed by atoms with Crippen LogP contribution in [0.25, 0.3) is 0 Å². The number of carbonyl (C=O) groups is 1. The van der Waals surface area contributed by atoms with Crippen LogP contribution >= 0.6 is 0 Å². The van der Waals surface area contributed by atoms with Gasteiger partial charge in [-0.05, 0) is 29.5 Å². The van der Waals surface area contributed by atoms with Crippen LogP contribution in [0.4, 0.5) is 5.82 Å². The lowest BCUT2D eigenvalue weighted by molar-refractivity contribution is 0.0949. The van der Waals surface area contributed by atoms with Crippen molar-refractivity contribution in [1.82, 2.24) is 15.3 Å². The normalized spacial score (nSPS) is 13.1. The van der Waals surface area contributed by atoms with Crippen molar-refractivity contribution in [3.63, 3.8) is 0 Å². The molecule has 0 spiro atoms. The molecule has 0 radical (unpaired) electrons. The predicted molar refractivity (Wildman–Crippen MR) is 106 cm³/mol. The molecule has 3 aromatic rings. The molecular weight excluding hydrogens is 336 g/mol. The Bertz CT molecular complexity index is 926. The maximum Gasteiger partial charge on any atom is 0.270 e. The van der Waals surface area contributed by atoms with Gasteiger partial charge in [0.2, 0.25) is 0 Å². The summed E-state index contributed by atoms with van der Waals surface area (Å²) >= 11 is 0. The molecule has 2 heterocycles. The molecule has 0 bridgehead atoms. The first kappa shape index (κ1) is 17.2. The van der Waals surface area contributed by atoms with E-state index in [4.69, 9.17) is 0 Å². The summed E-state index contributed by atoms with van der Waals surface area (Å²) in [6, 6.07) is 20.4. The lowest BCUT2D eigenvalue weighted by Gasteiger charge is -2.29. The third kappa shape index (κ3) is 4.14. The van der Waals surface area contributed by atoms with Crippen LogP contribution in [0.2, 0.25) is 0 Å². The molecule has 1 aromatic heterocycles. The van der Waals surface area contributed by atoms with Crippen LogP contribution in [0, 0.1) is 0 Å². The molecule has 0 saturated carbocycles. The number of nitrogens with one attached hydrogen (secondary N) is 1. The van der Waals surface area contributed by atoms with Gasteiger partial charge < -0.3 is 10.2 Å². The van der Waals surface area contributed by atoms with E-state index in [2.05, 4.69) is 56.6 Å². The molecule has 2 aromatic carbocycles. The van der Waals surface area contributed by atoms with E-state index in [1.165, 1.54) is 23.0 Å². The van der Waals surface area contributed by atoms with E-state index in [1.807, 2.05) is 18.2 Å². The first-order chi connectivity index (χ1) is 13.3. The number of hydrogen-bond acceptors (Lipinski definition) is 4. The second-order valence-corrected chi connectivity index (χ2v) is 6.69. The van der Waals surface area contributed by atoms with Crippen molar-refractivity contribution in [2.75, 3.05) is 18.0 Å². The number of nitrogens with zero attached hydrogens (tertiary/aromatic N) is 3. The third-order valence-electron chi connectivity index (χ3n) is 4.88.